The largest absolute Gasteiger partial charge is 0.507 e. The number of amidine groups is 1. The van der Waals surface area contributed by atoms with E-state index < -0.39 is 12.1 Å². The standard InChI is InChI=1S/C22H21BrN6O3/c1-27-19-18(20(31)28(2)22(27)32)29(11-10-14-6-4-3-5-7-14)21(25-19)26-24-13-15-12-16(23)8-9-17(15)30/h3-9,12-13,18H,10-11H2,1-2H3,(H,24,30)/p+1. The van der Waals surface area contributed by atoms with E-state index in [0.717, 1.165) is 14.9 Å². The van der Waals surface area contributed by atoms with Gasteiger partial charge in [0.15, 0.2) is 0 Å². The van der Waals surface area contributed by atoms with E-state index >= 15 is 0 Å². The number of urea groups is 1. The minimum atomic E-state index is -0.719. The van der Waals surface area contributed by atoms with Gasteiger partial charge in [-0.3, -0.25) is 14.6 Å². The fraction of sp³-hybridized carbons (Fsp3) is 0.227. The summed E-state index contributed by atoms with van der Waals surface area (Å²) in [4.78, 5) is 32.3. The summed E-state index contributed by atoms with van der Waals surface area (Å²) in [5.41, 5.74) is 4.50. The fourth-order valence-electron chi connectivity index (χ4n) is 3.61. The molecule has 0 aromatic heterocycles. The van der Waals surface area contributed by atoms with E-state index in [9.17, 15) is 14.7 Å². The summed E-state index contributed by atoms with van der Waals surface area (Å²) in [5, 5.41) is 14.2. The molecule has 10 heteroatoms. The third-order valence-corrected chi connectivity index (χ3v) is 5.87. The van der Waals surface area contributed by atoms with Crippen LogP contribution in [0.5, 0.6) is 5.75 Å². The number of hydrazone groups is 1. The Bertz CT molecular complexity index is 1160. The van der Waals surface area contributed by atoms with Gasteiger partial charge in [0, 0.05) is 30.6 Å². The maximum atomic E-state index is 12.9. The first-order valence-corrected chi connectivity index (χ1v) is 10.7. The van der Waals surface area contributed by atoms with Crippen molar-refractivity contribution in [3.05, 3.63) is 64.1 Å². The van der Waals surface area contributed by atoms with Gasteiger partial charge in [-0.05, 0) is 23.8 Å². The predicted octanol–water partition coefficient (Wildman–Crippen LogP) is 1.99. The number of fused-ring (bicyclic) bond motifs is 1. The van der Waals surface area contributed by atoms with Gasteiger partial charge in [0.2, 0.25) is 11.9 Å². The van der Waals surface area contributed by atoms with E-state index in [4.69, 9.17) is 0 Å². The number of hydrogen-bond acceptors (Lipinski definition) is 6. The van der Waals surface area contributed by atoms with Crippen LogP contribution in [0.1, 0.15) is 11.1 Å². The maximum Gasteiger partial charge on any atom is 0.413 e. The number of imide groups is 1. The molecule has 9 nitrogen and oxygen atoms in total. The van der Waals surface area contributed by atoms with Crippen molar-refractivity contribution in [3.63, 3.8) is 0 Å². The fourth-order valence-corrected chi connectivity index (χ4v) is 3.98. The lowest BCUT2D eigenvalue weighted by Crippen LogP contribution is -2.61. The summed E-state index contributed by atoms with van der Waals surface area (Å²) in [6, 6.07) is 13.8. The normalized spacial score (nSPS) is 18.5. The molecule has 0 aliphatic carbocycles. The minimum absolute atomic E-state index is 0.0817. The van der Waals surface area contributed by atoms with Crippen molar-refractivity contribution < 1.29 is 19.3 Å². The maximum absolute atomic E-state index is 12.9. The van der Waals surface area contributed by atoms with Crippen molar-refractivity contribution in [1.82, 2.24) is 15.2 Å². The summed E-state index contributed by atoms with van der Waals surface area (Å²) in [7, 11) is 3.06. The molecule has 2 aromatic carbocycles. The highest BCUT2D eigenvalue weighted by Gasteiger charge is 2.51. The van der Waals surface area contributed by atoms with E-state index in [1.807, 2.05) is 34.9 Å². The Morgan fingerprint density at radius 3 is 2.69 bits per heavy atom. The first-order valence-electron chi connectivity index (χ1n) is 9.96. The van der Waals surface area contributed by atoms with Gasteiger partial charge in [-0.2, -0.15) is 5.43 Å². The number of carbonyl (C=O) groups excluding carboxylic acids is 2. The zero-order valence-electron chi connectivity index (χ0n) is 17.6. The summed E-state index contributed by atoms with van der Waals surface area (Å²) in [5.74, 6) is 0.452. The number of rotatable bonds is 5. The molecule has 2 N–H and O–H groups in total. The molecule has 0 radical (unpaired) electrons. The highest BCUT2D eigenvalue weighted by atomic mass is 79.9. The van der Waals surface area contributed by atoms with Crippen LogP contribution >= 0.6 is 15.9 Å². The lowest BCUT2D eigenvalue weighted by Gasteiger charge is -2.31. The van der Waals surface area contributed by atoms with Gasteiger partial charge < -0.3 is 5.11 Å². The van der Waals surface area contributed by atoms with Crippen molar-refractivity contribution in [2.24, 2.45) is 10.1 Å². The first-order chi connectivity index (χ1) is 15.4. The van der Waals surface area contributed by atoms with Crippen molar-refractivity contribution in [1.29, 1.82) is 0 Å². The van der Waals surface area contributed by atoms with Crippen molar-refractivity contribution >= 4 is 45.9 Å². The molecule has 1 saturated heterocycles. The highest BCUT2D eigenvalue weighted by molar-refractivity contribution is 9.10. The SMILES string of the molecule is CN1C(=O)C2C(=NC(N/N=C/c3cc(Br)ccc3O)=[N+]2CCc2ccccc2)N(C)C1=O. The molecule has 32 heavy (non-hydrogen) atoms. The Morgan fingerprint density at radius 1 is 1.19 bits per heavy atom. The number of phenols is 1. The van der Waals surface area contributed by atoms with Crippen LogP contribution < -0.4 is 5.43 Å². The van der Waals surface area contributed by atoms with Gasteiger partial charge in [0.1, 0.15) is 5.75 Å². The molecule has 3 amide bonds. The summed E-state index contributed by atoms with van der Waals surface area (Å²) in [6.07, 6.45) is 2.14. The number of nitrogens with one attached hydrogen (secondary N) is 1. The molecule has 164 valence electrons. The number of hydrogen-bond donors (Lipinski definition) is 2. The van der Waals surface area contributed by atoms with Crippen LogP contribution in [-0.2, 0) is 11.2 Å². The van der Waals surface area contributed by atoms with E-state index in [1.165, 1.54) is 18.2 Å². The quantitative estimate of drug-likeness (QED) is 0.374. The van der Waals surface area contributed by atoms with Gasteiger partial charge in [0.05, 0.1) is 12.8 Å². The third kappa shape index (κ3) is 4.13. The number of aliphatic imine (C=N–C) groups is 1. The van der Waals surface area contributed by atoms with E-state index in [-0.39, 0.29) is 11.7 Å². The van der Waals surface area contributed by atoms with Crippen molar-refractivity contribution in [2.75, 3.05) is 20.6 Å². The van der Waals surface area contributed by atoms with Crippen LogP contribution in [0.25, 0.3) is 0 Å². The van der Waals surface area contributed by atoms with Crippen molar-refractivity contribution in [2.45, 2.75) is 12.5 Å². The second kappa shape index (κ2) is 8.91. The molecule has 0 saturated carbocycles. The minimum Gasteiger partial charge on any atom is -0.507 e. The van der Waals surface area contributed by atoms with Crippen LogP contribution in [0, 0.1) is 0 Å². The number of guanidine groups is 1. The summed E-state index contributed by atoms with van der Waals surface area (Å²) >= 11 is 3.36. The van der Waals surface area contributed by atoms with Gasteiger partial charge in [0.25, 0.3) is 5.91 Å². The van der Waals surface area contributed by atoms with Gasteiger partial charge in [-0.25, -0.2) is 9.37 Å². The molecular weight excluding hydrogens is 476 g/mol. The Kier molecular flexibility index (Phi) is 6.04. The molecule has 1 fully saturated rings. The number of likely N-dealkylation sites (N-methyl/N-ethyl adjacent to an activating group) is 2. The van der Waals surface area contributed by atoms with E-state index in [1.54, 1.807) is 25.2 Å². The number of carbonyl (C=O) groups is 2. The van der Waals surface area contributed by atoms with Gasteiger partial charge in [-0.1, -0.05) is 51.3 Å². The van der Waals surface area contributed by atoms with Crippen LogP contribution in [-0.4, -0.2) is 76.1 Å². The number of benzene rings is 2. The molecule has 2 aromatic rings. The molecule has 4 rings (SSSR count). The van der Waals surface area contributed by atoms with Crippen molar-refractivity contribution in [3.8, 4) is 5.75 Å². The molecule has 2 aliphatic heterocycles. The molecule has 0 spiro atoms. The van der Waals surface area contributed by atoms with Gasteiger partial charge >= 0.3 is 12.0 Å². The molecule has 1 unspecified atom stereocenters. The Labute approximate surface area is 193 Å². The van der Waals surface area contributed by atoms with Gasteiger partial charge in [-0.15, -0.1) is 5.10 Å². The van der Waals surface area contributed by atoms with Crippen LogP contribution in [0.15, 0.2) is 63.1 Å². The van der Waals surface area contributed by atoms with E-state index in [0.29, 0.717) is 30.3 Å². The van der Waals surface area contributed by atoms with Crippen LogP contribution in [0.3, 0.4) is 0 Å². The van der Waals surface area contributed by atoms with E-state index in [2.05, 4.69) is 31.4 Å². The monoisotopic (exact) mass is 497 g/mol. The molecule has 0 bridgehead atoms. The second-order valence-electron chi connectivity index (χ2n) is 7.44. The number of nitrogens with zero attached hydrogens (tertiary/aromatic N) is 5. The molecule has 1 atom stereocenters. The zero-order valence-corrected chi connectivity index (χ0v) is 19.2. The van der Waals surface area contributed by atoms with Crippen LogP contribution in [0.2, 0.25) is 0 Å². The van der Waals surface area contributed by atoms with Crippen LogP contribution in [0.4, 0.5) is 4.79 Å². The molecule has 2 heterocycles. The lowest BCUT2D eigenvalue weighted by molar-refractivity contribution is -0.536. The Morgan fingerprint density at radius 2 is 1.94 bits per heavy atom. The average Bonchev–Trinajstić information content (AvgIpc) is 3.16. The smallest absolute Gasteiger partial charge is 0.413 e. The third-order valence-electron chi connectivity index (χ3n) is 5.37. The summed E-state index contributed by atoms with van der Waals surface area (Å²) < 4.78 is 2.61. The number of aromatic hydroxyl groups is 1. The number of halogens is 1. The predicted molar refractivity (Wildman–Crippen MR) is 124 cm³/mol. The molecular formula is C22H22BrN6O3+. The number of phenolic OH excluding ortho intramolecular Hbond substituents is 1. The lowest BCUT2D eigenvalue weighted by atomic mass is 10.1. The Balaban J connectivity index is 1.64. The first kappa shape index (κ1) is 21.7. The highest BCUT2D eigenvalue weighted by Crippen LogP contribution is 2.21. The Hall–Kier alpha value is -3.53. The second-order valence-corrected chi connectivity index (χ2v) is 8.35. The topological polar surface area (TPSA) is 101 Å². The summed E-state index contributed by atoms with van der Waals surface area (Å²) in [6.45, 7) is 0.489. The average molecular weight is 498 g/mol. The number of amides is 3. The molecule has 2 aliphatic rings. The zero-order chi connectivity index (χ0) is 22.8.